The molecule has 0 aromatic heterocycles. The smallest absolute Gasteiger partial charge is 0.119 e. The van der Waals surface area contributed by atoms with Crippen molar-refractivity contribution in [2.24, 2.45) is 0 Å². The number of para-hydroxylation sites is 1. The van der Waals surface area contributed by atoms with E-state index in [1.165, 1.54) is 0 Å². The van der Waals surface area contributed by atoms with Gasteiger partial charge in [0, 0.05) is 14.2 Å². The van der Waals surface area contributed by atoms with Crippen molar-refractivity contribution in [1.82, 2.24) is 0 Å². The van der Waals surface area contributed by atoms with Gasteiger partial charge in [-0.15, -0.1) is 0 Å². The Labute approximate surface area is 143 Å². The molecular formula is C16H32O8. The van der Waals surface area contributed by atoms with Crippen molar-refractivity contribution in [2.75, 3.05) is 67.1 Å². The average Bonchev–Trinajstić information content (AvgIpc) is 2.64. The normalized spacial score (nSPS) is 8.62. The molecule has 144 valence electrons. The number of aliphatic hydroxyl groups is 5. The molecule has 0 saturated carbocycles. The SMILES string of the molecule is COCCO.COCCOc1ccccc1.OCCO.OCCO. The molecule has 0 aliphatic heterocycles. The van der Waals surface area contributed by atoms with Crippen molar-refractivity contribution >= 4 is 0 Å². The molecule has 0 spiro atoms. The van der Waals surface area contributed by atoms with Gasteiger partial charge in [0.05, 0.1) is 46.2 Å². The Hall–Kier alpha value is -1.26. The standard InChI is InChI=1S/C9H12O2.C3H8O2.2C2H6O2/c1-10-7-8-11-9-5-3-2-4-6-9;1-5-3-2-4;2*3-1-2-4/h2-6H,7-8H2,1H3;4H,2-3H2,1H3;2*3-4H,1-2H2. The van der Waals surface area contributed by atoms with Gasteiger partial charge in [-0.05, 0) is 12.1 Å². The van der Waals surface area contributed by atoms with E-state index in [0.29, 0.717) is 19.8 Å². The van der Waals surface area contributed by atoms with Crippen LogP contribution in [0.4, 0.5) is 0 Å². The topological polar surface area (TPSA) is 129 Å². The van der Waals surface area contributed by atoms with Gasteiger partial charge in [-0.2, -0.15) is 0 Å². The van der Waals surface area contributed by atoms with E-state index >= 15 is 0 Å². The highest BCUT2D eigenvalue weighted by molar-refractivity contribution is 5.20. The van der Waals surface area contributed by atoms with Crippen molar-refractivity contribution in [1.29, 1.82) is 0 Å². The molecule has 8 heteroatoms. The van der Waals surface area contributed by atoms with E-state index in [2.05, 4.69) is 4.74 Å². The lowest BCUT2D eigenvalue weighted by Crippen LogP contribution is -2.03. The summed E-state index contributed by atoms with van der Waals surface area (Å²) in [5.41, 5.74) is 0. The Morgan fingerprint density at radius 1 is 0.625 bits per heavy atom. The van der Waals surface area contributed by atoms with Gasteiger partial charge < -0.3 is 39.7 Å². The van der Waals surface area contributed by atoms with Crippen molar-refractivity contribution in [2.45, 2.75) is 0 Å². The molecule has 0 aliphatic rings. The van der Waals surface area contributed by atoms with E-state index in [1.54, 1.807) is 14.2 Å². The Bertz CT molecular complexity index is 275. The van der Waals surface area contributed by atoms with Gasteiger partial charge in [-0.1, -0.05) is 18.2 Å². The number of hydrogen-bond acceptors (Lipinski definition) is 8. The molecule has 0 aliphatic carbocycles. The molecule has 1 aromatic carbocycles. The number of benzene rings is 1. The third-order valence-corrected chi connectivity index (χ3v) is 1.79. The van der Waals surface area contributed by atoms with Gasteiger partial charge in [0.15, 0.2) is 0 Å². The molecule has 24 heavy (non-hydrogen) atoms. The van der Waals surface area contributed by atoms with Gasteiger partial charge in [0.1, 0.15) is 12.4 Å². The number of hydrogen-bond donors (Lipinski definition) is 5. The third kappa shape index (κ3) is 32.6. The second-order valence-corrected chi connectivity index (χ2v) is 3.77. The number of ether oxygens (including phenoxy) is 3. The maximum atomic E-state index is 7.94. The monoisotopic (exact) mass is 352 g/mol. The fraction of sp³-hybridized carbons (Fsp3) is 0.625. The van der Waals surface area contributed by atoms with Crippen LogP contribution in [-0.2, 0) is 9.47 Å². The fourth-order valence-electron chi connectivity index (χ4n) is 0.851. The van der Waals surface area contributed by atoms with Crippen molar-refractivity contribution in [3.05, 3.63) is 30.3 Å². The highest BCUT2D eigenvalue weighted by Gasteiger charge is 1.88. The lowest BCUT2D eigenvalue weighted by atomic mass is 10.3. The molecule has 0 amide bonds. The molecule has 0 heterocycles. The first-order valence-corrected chi connectivity index (χ1v) is 7.38. The summed E-state index contributed by atoms with van der Waals surface area (Å²) < 4.78 is 14.6. The second-order valence-electron chi connectivity index (χ2n) is 3.77. The van der Waals surface area contributed by atoms with Crippen LogP contribution in [0.2, 0.25) is 0 Å². The van der Waals surface area contributed by atoms with Crippen LogP contribution in [0.25, 0.3) is 0 Å². The Morgan fingerprint density at radius 3 is 1.38 bits per heavy atom. The van der Waals surface area contributed by atoms with Gasteiger partial charge in [0.2, 0.25) is 0 Å². The Morgan fingerprint density at radius 2 is 1.08 bits per heavy atom. The van der Waals surface area contributed by atoms with Crippen LogP contribution in [0.1, 0.15) is 0 Å². The molecule has 5 N–H and O–H groups in total. The number of methoxy groups -OCH3 is 2. The lowest BCUT2D eigenvalue weighted by molar-refractivity contribution is 0.135. The van der Waals surface area contributed by atoms with Gasteiger partial charge in [-0.25, -0.2) is 0 Å². The van der Waals surface area contributed by atoms with E-state index in [0.717, 1.165) is 5.75 Å². The fourth-order valence-corrected chi connectivity index (χ4v) is 0.851. The zero-order valence-corrected chi connectivity index (χ0v) is 14.5. The van der Waals surface area contributed by atoms with Crippen molar-refractivity contribution < 1.29 is 39.7 Å². The molecule has 1 aromatic rings. The molecule has 0 unspecified atom stereocenters. The third-order valence-electron chi connectivity index (χ3n) is 1.79. The summed E-state index contributed by atoms with van der Waals surface area (Å²) in [5.74, 6) is 0.893. The van der Waals surface area contributed by atoms with E-state index in [-0.39, 0.29) is 33.0 Å². The van der Waals surface area contributed by atoms with Gasteiger partial charge in [-0.3, -0.25) is 0 Å². The van der Waals surface area contributed by atoms with Crippen LogP contribution in [0.3, 0.4) is 0 Å². The molecule has 0 fully saturated rings. The predicted octanol–water partition coefficient (Wildman–Crippen LogP) is -0.721. The van der Waals surface area contributed by atoms with Crippen LogP contribution in [-0.4, -0.2) is 92.6 Å². The summed E-state index contributed by atoms with van der Waals surface area (Å²) in [6, 6.07) is 9.71. The summed E-state index contributed by atoms with van der Waals surface area (Å²) in [4.78, 5) is 0. The molecule has 0 saturated heterocycles. The van der Waals surface area contributed by atoms with Crippen LogP contribution in [0, 0.1) is 0 Å². The second kappa shape index (κ2) is 29.7. The maximum Gasteiger partial charge on any atom is 0.119 e. The Kier molecular flexibility index (Phi) is 34.1. The minimum atomic E-state index is -0.125. The Balaban J connectivity index is -0.000000285. The number of aliphatic hydroxyl groups excluding tert-OH is 5. The molecule has 8 nitrogen and oxygen atoms in total. The first-order valence-electron chi connectivity index (χ1n) is 7.38. The molecule has 0 radical (unpaired) electrons. The van der Waals surface area contributed by atoms with Gasteiger partial charge in [0.25, 0.3) is 0 Å². The van der Waals surface area contributed by atoms with Crippen LogP contribution >= 0.6 is 0 Å². The van der Waals surface area contributed by atoms with E-state index in [4.69, 9.17) is 35.0 Å². The van der Waals surface area contributed by atoms with Crippen LogP contribution in [0.5, 0.6) is 5.75 Å². The quantitative estimate of drug-likeness (QED) is 0.388. The van der Waals surface area contributed by atoms with Gasteiger partial charge >= 0.3 is 0 Å². The minimum absolute atomic E-state index is 0.122. The highest BCUT2D eigenvalue weighted by atomic mass is 16.5. The first kappa shape index (κ1) is 27.6. The summed E-state index contributed by atoms with van der Waals surface area (Å²) in [7, 11) is 3.21. The summed E-state index contributed by atoms with van der Waals surface area (Å²) in [6.07, 6.45) is 0. The first-order chi connectivity index (χ1) is 11.7. The predicted molar refractivity (Wildman–Crippen MR) is 91.1 cm³/mol. The van der Waals surface area contributed by atoms with Crippen molar-refractivity contribution in [3.63, 3.8) is 0 Å². The maximum absolute atomic E-state index is 7.94. The van der Waals surface area contributed by atoms with E-state index in [1.807, 2.05) is 30.3 Å². The summed E-state index contributed by atoms with van der Waals surface area (Å²) in [5, 5.41) is 38.4. The number of rotatable bonds is 8. The van der Waals surface area contributed by atoms with Crippen LogP contribution in [0.15, 0.2) is 30.3 Å². The lowest BCUT2D eigenvalue weighted by Gasteiger charge is -2.03. The summed E-state index contributed by atoms with van der Waals surface area (Å²) in [6.45, 7) is 1.31. The van der Waals surface area contributed by atoms with Crippen molar-refractivity contribution in [3.8, 4) is 5.75 Å². The van der Waals surface area contributed by atoms with E-state index in [9.17, 15) is 0 Å². The highest BCUT2D eigenvalue weighted by Crippen LogP contribution is 2.07. The minimum Gasteiger partial charge on any atom is -0.491 e. The zero-order valence-electron chi connectivity index (χ0n) is 14.5. The molecular weight excluding hydrogens is 320 g/mol. The zero-order chi connectivity index (χ0) is 18.9. The largest absolute Gasteiger partial charge is 0.491 e. The molecule has 0 bridgehead atoms. The van der Waals surface area contributed by atoms with E-state index < -0.39 is 0 Å². The molecule has 1 rings (SSSR count). The summed E-state index contributed by atoms with van der Waals surface area (Å²) >= 11 is 0. The molecule has 0 atom stereocenters. The van der Waals surface area contributed by atoms with Crippen LogP contribution < -0.4 is 4.74 Å². The average molecular weight is 352 g/mol.